The van der Waals surface area contributed by atoms with Crippen molar-refractivity contribution in [2.75, 3.05) is 7.11 Å². The van der Waals surface area contributed by atoms with Crippen molar-refractivity contribution in [1.29, 1.82) is 0 Å². The second-order valence-corrected chi connectivity index (χ2v) is 4.47. The maximum Gasteiger partial charge on any atom is 0.284 e. The fourth-order valence-electron chi connectivity index (χ4n) is 1.29. The van der Waals surface area contributed by atoms with E-state index in [1.165, 1.54) is 25.3 Å². The summed E-state index contributed by atoms with van der Waals surface area (Å²) in [5.74, 6) is -0.158. The van der Waals surface area contributed by atoms with Gasteiger partial charge in [0.1, 0.15) is 11.3 Å². The average molecular weight is 288 g/mol. The van der Waals surface area contributed by atoms with E-state index in [9.17, 15) is 14.9 Å². The highest BCUT2D eigenvalue weighted by atomic mass is 79.9. The molecule has 0 aliphatic carbocycles. The molecule has 1 aromatic carbocycles. The van der Waals surface area contributed by atoms with E-state index in [1.54, 1.807) is 6.92 Å². The number of alkyl halides is 1. The molecule has 1 atom stereocenters. The SMILES string of the molecule is COc1cccc([N+](=O)[O-])c1C(=O)C(C)Br. The number of benzene rings is 1. The topological polar surface area (TPSA) is 69.4 Å². The number of Topliss-reactive ketones (excluding diaryl/α,β-unsaturated/α-hetero) is 1. The molecule has 0 amide bonds. The number of ketones is 1. The van der Waals surface area contributed by atoms with Gasteiger partial charge in [-0.2, -0.15) is 0 Å². The van der Waals surface area contributed by atoms with Crippen LogP contribution in [0.4, 0.5) is 5.69 Å². The molecule has 0 aliphatic heterocycles. The summed E-state index contributed by atoms with van der Waals surface area (Å²) in [6.07, 6.45) is 0. The number of nitro benzene ring substituents is 1. The normalized spacial score (nSPS) is 11.9. The zero-order chi connectivity index (χ0) is 12.3. The number of hydrogen-bond donors (Lipinski definition) is 0. The third-order valence-corrected chi connectivity index (χ3v) is 2.44. The van der Waals surface area contributed by atoms with Crippen LogP contribution < -0.4 is 4.74 Å². The van der Waals surface area contributed by atoms with E-state index < -0.39 is 9.75 Å². The Hall–Kier alpha value is -1.43. The molecule has 0 radical (unpaired) electrons. The quantitative estimate of drug-likeness (QED) is 0.369. The number of ether oxygens (including phenoxy) is 1. The number of carbonyl (C=O) groups is 1. The first kappa shape index (κ1) is 12.6. The molecule has 0 bridgehead atoms. The highest BCUT2D eigenvalue weighted by molar-refractivity contribution is 9.10. The number of methoxy groups -OCH3 is 1. The van der Waals surface area contributed by atoms with Crippen LogP contribution in [-0.4, -0.2) is 22.6 Å². The fraction of sp³-hybridized carbons (Fsp3) is 0.300. The summed E-state index contributed by atoms with van der Waals surface area (Å²) in [6.45, 7) is 1.61. The molecule has 1 unspecified atom stereocenters. The first-order valence-electron chi connectivity index (χ1n) is 4.48. The summed E-state index contributed by atoms with van der Waals surface area (Å²) in [7, 11) is 1.37. The minimum absolute atomic E-state index is 0.000579. The molecule has 5 nitrogen and oxygen atoms in total. The van der Waals surface area contributed by atoms with Gasteiger partial charge < -0.3 is 4.74 Å². The van der Waals surface area contributed by atoms with E-state index in [2.05, 4.69) is 15.9 Å². The highest BCUT2D eigenvalue weighted by Gasteiger charge is 2.26. The van der Waals surface area contributed by atoms with E-state index in [0.29, 0.717) is 0 Å². The van der Waals surface area contributed by atoms with Gasteiger partial charge in [0.25, 0.3) is 5.69 Å². The highest BCUT2D eigenvalue weighted by Crippen LogP contribution is 2.30. The summed E-state index contributed by atoms with van der Waals surface area (Å²) < 4.78 is 4.96. The second kappa shape index (κ2) is 5.07. The lowest BCUT2D eigenvalue weighted by molar-refractivity contribution is -0.385. The smallest absolute Gasteiger partial charge is 0.284 e. The van der Waals surface area contributed by atoms with Crippen molar-refractivity contribution < 1.29 is 14.5 Å². The number of hydrogen-bond acceptors (Lipinski definition) is 4. The summed E-state index contributed by atoms with van der Waals surface area (Å²) in [5.41, 5.74) is -0.241. The maximum atomic E-state index is 11.8. The Bertz CT molecular complexity index is 431. The van der Waals surface area contributed by atoms with Crippen molar-refractivity contribution >= 4 is 27.4 Å². The van der Waals surface area contributed by atoms with Gasteiger partial charge in [0, 0.05) is 6.07 Å². The molecule has 0 spiro atoms. The number of nitro groups is 1. The molecular weight excluding hydrogens is 278 g/mol. The van der Waals surface area contributed by atoms with Gasteiger partial charge in [-0.25, -0.2) is 0 Å². The molecule has 1 rings (SSSR count). The van der Waals surface area contributed by atoms with Crippen LogP contribution in [0.3, 0.4) is 0 Å². The lowest BCUT2D eigenvalue weighted by Crippen LogP contribution is -2.13. The molecule has 0 saturated heterocycles. The molecule has 0 saturated carbocycles. The van der Waals surface area contributed by atoms with Gasteiger partial charge in [0.2, 0.25) is 0 Å². The number of halogens is 1. The Labute approximate surface area is 101 Å². The van der Waals surface area contributed by atoms with Crippen molar-refractivity contribution in [1.82, 2.24) is 0 Å². The Morgan fingerprint density at radius 2 is 2.19 bits per heavy atom. The fourth-order valence-corrected chi connectivity index (χ4v) is 1.52. The van der Waals surface area contributed by atoms with Crippen LogP contribution in [0.15, 0.2) is 18.2 Å². The number of rotatable bonds is 4. The van der Waals surface area contributed by atoms with Crippen LogP contribution in [0.1, 0.15) is 17.3 Å². The second-order valence-electron chi connectivity index (χ2n) is 3.09. The Kier molecular flexibility index (Phi) is 4.00. The maximum absolute atomic E-state index is 11.8. The van der Waals surface area contributed by atoms with E-state index in [0.717, 1.165) is 0 Å². The van der Waals surface area contributed by atoms with Gasteiger partial charge >= 0.3 is 0 Å². The predicted molar refractivity (Wildman–Crippen MR) is 62.4 cm³/mol. The van der Waals surface area contributed by atoms with Crippen molar-refractivity contribution in [2.24, 2.45) is 0 Å². The van der Waals surface area contributed by atoms with Crippen molar-refractivity contribution in [3.63, 3.8) is 0 Å². The summed E-state index contributed by atoms with van der Waals surface area (Å²) in [5, 5.41) is 10.8. The summed E-state index contributed by atoms with van der Waals surface area (Å²) in [4.78, 5) is 21.5. The Morgan fingerprint density at radius 3 is 2.62 bits per heavy atom. The molecule has 0 heterocycles. The monoisotopic (exact) mass is 287 g/mol. The van der Waals surface area contributed by atoms with Crippen LogP contribution in [0.25, 0.3) is 0 Å². The van der Waals surface area contributed by atoms with Crippen molar-refractivity contribution in [3.05, 3.63) is 33.9 Å². The summed E-state index contributed by atoms with van der Waals surface area (Å²) >= 11 is 3.10. The zero-order valence-electron chi connectivity index (χ0n) is 8.77. The molecule has 16 heavy (non-hydrogen) atoms. The molecule has 0 fully saturated rings. The first-order valence-corrected chi connectivity index (χ1v) is 5.40. The third-order valence-electron chi connectivity index (χ3n) is 2.03. The van der Waals surface area contributed by atoms with Crippen LogP contribution in [0, 0.1) is 10.1 Å². The minimum atomic E-state index is -0.592. The predicted octanol–water partition coefficient (Wildman–Crippen LogP) is 2.57. The van der Waals surface area contributed by atoms with Gasteiger partial charge in [-0.15, -0.1) is 0 Å². The van der Waals surface area contributed by atoms with Crippen LogP contribution in [0.5, 0.6) is 5.75 Å². The van der Waals surface area contributed by atoms with Gasteiger partial charge in [-0.05, 0) is 13.0 Å². The molecule has 86 valence electrons. The largest absolute Gasteiger partial charge is 0.496 e. The molecule has 0 N–H and O–H groups in total. The molecule has 1 aromatic rings. The molecular formula is C10H10BrNO4. The van der Waals surface area contributed by atoms with Crippen molar-refractivity contribution in [3.8, 4) is 5.75 Å². The third kappa shape index (κ3) is 2.38. The van der Waals surface area contributed by atoms with Crippen LogP contribution >= 0.6 is 15.9 Å². The number of carbonyl (C=O) groups excluding carboxylic acids is 1. The van der Waals surface area contributed by atoms with Gasteiger partial charge in [0.15, 0.2) is 5.78 Å². The van der Waals surface area contributed by atoms with E-state index in [4.69, 9.17) is 4.74 Å². The number of nitrogens with zero attached hydrogens (tertiary/aromatic N) is 1. The summed E-state index contributed by atoms with van der Waals surface area (Å²) in [6, 6.07) is 4.29. The minimum Gasteiger partial charge on any atom is -0.496 e. The molecule has 0 aromatic heterocycles. The Balaban J connectivity index is 3.42. The van der Waals surface area contributed by atoms with Crippen LogP contribution in [0.2, 0.25) is 0 Å². The van der Waals surface area contributed by atoms with E-state index in [1.807, 2.05) is 0 Å². The van der Waals surface area contributed by atoms with E-state index in [-0.39, 0.29) is 22.8 Å². The average Bonchev–Trinajstić information content (AvgIpc) is 2.26. The van der Waals surface area contributed by atoms with E-state index >= 15 is 0 Å². The lowest BCUT2D eigenvalue weighted by Gasteiger charge is -2.08. The van der Waals surface area contributed by atoms with Crippen LogP contribution in [-0.2, 0) is 0 Å². The standard InChI is InChI=1S/C10H10BrNO4/c1-6(11)10(13)9-7(12(14)15)4-3-5-8(9)16-2/h3-6H,1-2H3. The lowest BCUT2D eigenvalue weighted by atomic mass is 10.1. The molecule has 6 heteroatoms. The molecule has 0 aliphatic rings. The van der Waals surface area contributed by atoms with Gasteiger partial charge in [-0.3, -0.25) is 14.9 Å². The van der Waals surface area contributed by atoms with Gasteiger partial charge in [0.05, 0.1) is 16.9 Å². The van der Waals surface area contributed by atoms with Crippen molar-refractivity contribution in [2.45, 2.75) is 11.8 Å². The first-order chi connectivity index (χ1) is 7.49. The zero-order valence-corrected chi connectivity index (χ0v) is 10.4. The van der Waals surface area contributed by atoms with Gasteiger partial charge in [-0.1, -0.05) is 22.0 Å². The Morgan fingerprint density at radius 1 is 1.56 bits per heavy atom.